The highest BCUT2D eigenvalue weighted by molar-refractivity contribution is 5.16. The molecule has 6 heteroatoms. The van der Waals surface area contributed by atoms with Crippen LogP contribution in [-0.2, 0) is 13.1 Å². The number of aromatic nitrogens is 4. The molecular weight excluding hydrogens is 338 g/mol. The maximum Gasteiger partial charge on any atom is 0.240 e. The normalized spacial score (nSPS) is 18.3. The Labute approximate surface area is 160 Å². The van der Waals surface area contributed by atoms with Crippen LogP contribution in [0.15, 0.2) is 47.2 Å². The minimum atomic E-state index is 0.294. The van der Waals surface area contributed by atoms with Gasteiger partial charge in [-0.2, -0.15) is 4.98 Å². The monoisotopic (exact) mass is 365 g/mol. The van der Waals surface area contributed by atoms with E-state index in [1.54, 1.807) is 0 Å². The van der Waals surface area contributed by atoms with Gasteiger partial charge in [0.2, 0.25) is 5.89 Å². The van der Waals surface area contributed by atoms with E-state index < -0.39 is 0 Å². The zero-order valence-electron chi connectivity index (χ0n) is 16.1. The van der Waals surface area contributed by atoms with Crippen LogP contribution in [0, 0.1) is 0 Å². The molecule has 6 nitrogen and oxygen atoms in total. The summed E-state index contributed by atoms with van der Waals surface area (Å²) in [7, 11) is 0. The predicted molar refractivity (Wildman–Crippen MR) is 103 cm³/mol. The van der Waals surface area contributed by atoms with Crippen LogP contribution in [0.5, 0.6) is 0 Å². The number of piperidine rings is 1. The molecule has 0 spiro atoms. The van der Waals surface area contributed by atoms with Gasteiger partial charge in [-0.3, -0.25) is 4.90 Å². The van der Waals surface area contributed by atoms with Gasteiger partial charge in [0.1, 0.15) is 5.82 Å². The van der Waals surface area contributed by atoms with Crippen LogP contribution < -0.4 is 0 Å². The van der Waals surface area contributed by atoms with Crippen molar-refractivity contribution in [3.05, 3.63) is 65.8 Å². The first-order valence-electron chi connectivity index (χ1n) is 9.79. The van der Waals surface area contributed by atoms with Crippen LogP contribution in [-0.4, -0.2) is 37.7 Å². The third kappa shape index (κ3) is 4.27. The molecule has 0 bridgehead atoms. The second-order valence-electron chi connectivity index (χ2n) is 7.67. The van der Waals surface area contributed by atoms with Crippen molar-refractivity contribution in [2.24, 2.45) is 0 Å². The molecule has 1 unspecified atom stereocenters. The molecule has 0 aliphatic carbocycles. The molecule has 3 aromatic rings. The molecule has 2 aromatic heterocycles. The molecule has 1 fully saturated rings. The van der Waals surface area contributed by atoms with E-state index in [-0.39, 0.29) is 0 Å². The number of likely N-dealkylation sites (tertiary alicyclic amines) is 1. The van der Waals surface area contributed by atoms with Crippen LogP contribution in [0.4, 0.5) is 0 Å². The Balaban J connectivity index is 1.43. The lowest BCUT2D eigenvalue weighted by molar-refractivity contribution is 0.173. The average molecular weight is 365 g/mol. The van der Waals surface area contributed by atoms with Gasteiger partial charge in [0, 0.05) is 37.3 Å². The van der Waals surface area contributed by atoms with E-state index >= 15 is 0 Å². The lowest BCUT2D eigenvalue weighted by Crippen LogP contribution is -2.35. The summed E-state index contributed by atoms with van der Waals surface area (Å²) in [6, 6.07) is 10.6. The van der Waals surface area contributed by atoms with Crippen LogP contribution in [0.1, 0.15) is 61.6 Å². The predicted octanol–water partition coefficient (Wildman–Crippen LogP) is 3.82. The van der Waals surface area contributed by atoms with Gasteiger partial charge in [-0.15, -0.1) is 0 Å². The molecule has 1 atom stereocenters. The molecule has 142 valence electrons. The molecule has 1 aliphatic rings. The zero-order valence-corrected chi connectivity index (χ0v) is 16.1. The average Bonchev–Trinajstić information content (AvgIpc) is 3.32. The Hall–Kier alpha value is -2.47. The molecule has 1 aliphatic heterocycles. The first-order chi connectivity index (χ1) is 13.2. The highest BCUT2D eigenvalue weighted by atomic mass is 16.5. The van der Waals surface area contributed by atoms with Crippen LogP contribution in [0.3, 0.4) is 0 Å². The Morgan fingerprint density at radius 1 is 1.19 bits per heavy atom. The summed E-state index contributed by atoms with van der Waals surface area (Å²) < 4.78 is 7.72. The summed E-state index contributed by atoms with van der Waals surface area (Å²) in [5.74, 6) is 3.41. The van der Waals surface area contributed by atoms with Crippen molar-refractivity contribution in [2.45, 2.75) is 51.6 Å². The molecule has 3 heterocycles. The van der Waals surface area contributed by atoms with Gasteiger partial charge in [-0.1, -0.05) is 49.3 Å². The van der Waals surface area contributed by atoms with Gasteiger partial charge in [-0.05, 0) is 24.9 Å². The highest BCUT2D eigenvalue weighted by Crippen LogP contribution is 2.27. The largest absolute Gasteiger partial charge is 0.338 e. The molecule has 0 N–H and O–H groups in total. The van der Waals surface area contributed by atoms with E-state index in [0.717, 1.165) is 38.4 Å². The number of nitrogens with zero attached hydrogens (tertiary/aromatic N) is 5. The third-order valence-electron chi connectivity index (χ3n) is 5.17. The summed E-state index contributed by atoms with van der Waals surface area (Å²) in [5, 5.41) is 4.08. The topological polar surface area (TPSA) is 60.0 Å². The van der Waals surface area contributed by atoms with Crippen molar-refractivity contribution < 1.29 is 4.52 Å². The summed E-state index contributed by atoms with van der Waals surface area (Å²) in [5.41, 5.74) is 1.30. The summed E-state index contributed by atoms with van der Waals surface area (Å²) >= 11 is 0. The standard InChI is InChI=1S/C21H27N5O/c1-16(2)20-23-19(27-24-20)15-25-11-6-9-18(14-25)21-22-10-12-26(21)13-17-7-4-3-5-8-17/h3-5,7-8,10,12,16,18H,6,9,11,13-15H2,1-2H3. The van der Waals surface area contributed by atoms with E-state index in [0.29, 0.717) is 17.7 Å². The number of rotatable bonds is 6. The second kappa shape index (κ2) is 8.05. The quantitative estimate of drug-likeness (QED) is 0.665. The van der Waals surface area contributed by atoms with Gasteiger partial charge in [0.25, 0.3) is 0 Å². The van der Waals surface area contributed by atoms with Gasteiger partial charge in [-0.25, -0.2) is 4.98 Å². The lowest BCUT2D eigenvalue weighted by atomic mass is 9.97. The lowest BCUT2D eigenvalue weighted by Gasteiger charge is -2.31. The second-order valence-corrected chi connectivity index (χ2v) is 7.67. The number of hydrogen-bond donors (Lipinski definition) is 0. The summed E-state index contributed by atoms with van der Waals surface area (Å²) in [6.45, 7) is 7.79. The minimum Gasteiger partial charge on any atom is -0.338 e. The smallest absolute Gasteiger partial charge is 0.240 e. The summed E-state index contributed by atoms with van der Waals surface area (Å²) in [6.07, 6.45) is 6.34. The van der Waals surface area contributed by atoms with Gasteiger partial charge >= 0.3 is 0 Å². The fraction of sp³-hybridized carbons (Fsp3) is 0.476. The Kier molecular flexibility index (Phi) is 5.34. The molecule has 27 heavy (non-hydrogen) atoms. The van der Waals surface area contributed by atoms with E-state index in [9.17, 15) is 0 Å². The van der Waals surface area contributed by atoms with Crippen molar-refractivity contribution in [1.82, 2.24) is 24.6 Å². The summed E-state index contributed by atoms with van der Waals surface area (Å²) in [4.78, 5) is 11.6. The number of benzene rings is 1. The van der Waals surface area contributed by atoms with Crippen LogP contribution >= 0.6 is 0 Å². The Bertz CT molecular complexity index is 854. The molecule has 0 saturated carbocycles. The number of hydrogen-bond acceptors (Lipinski definition) is 5. The van der Waals surface area contributed by atoms with E-state index in [4.69, 9.17) is 4.52 Å². The molecule has 1 aromatic carbocycles. The van der Waals surface area contributed by atoms with Crippen LogP contribution in [0.2, 0.25) is 0 Å². The molecule has 1 saturated heterocycles. The third-order valence-corrected chi connectivity index (χ3v) is 5.17. The van der Waals surface area contributed by atoms with Crippen molar-refractivity contribution in [3.8, 4) is 0 Å². The van der Waals surface area contributed by atoms with Crippen molar-refractivity contribution >= 4 is 0 Å². The fourth-order valence-corrected chi connectivity index (χ4v) is 3.76. The Morgan fingerprint density at radius 3 is 2.81 bits per heavy atom. The first kappa shape index (κ1) is 17.9. The van der Waals surface area contributed by atoms with Gasteiger partial charge in [0.15, 0.2) is 5.82 Å². The van der Waals surface area contributed by atoms with Crippen molar-refractivity contribution in [1.29, 1.82) is 0 Å². The zero-order chi connectivity index (χ0) is 18.6. The minimum absolute atomic E-state index is 0.294. The molecule has 0 amide bonds. The van der Waals surface area contributed by atoms with Gasteiger partial charge in [0.05, 0.1) is 6.54 Å². The van der Waals surface area contributed by atoms with Crippen molar-refractivity contribution in [3.63, 3.8) is 0 Å². The molecular formula is C21H27N5O. The SMILES string of the molecule is CC(C)c1noc(CN2CCCC(c3nccn3Cc3ccccc3)C2)n1. The van der Waals surface area contributed by atoms with E-state index in [2.05, 4.69) is 75.0 Å². The first-order valence-corrected chi connectivity index (χ1v) is 9.79. The maximum absolute atomic E-state index is 5.43. The van der Waals surface area contributed by atoms with Crippen molar-refractivity contribution in [2.75, 3.05) is 13.1 Å². The van der Waals surface area contributed by atoms with E-state index in [1.807, 2.05) is 6.20 Å². The highest BCUT2D eigenvalue weighted by Gasteiger charge is 2.26. The van der Waals surface area contributed by atoms with E-state index in [1.165, 1.54) is 17.8 Å². The number of imidazole rings is 1. The Morgan fingerprint density at radius 2 is 2.04 bits per heavy atom. The molecule has 4 rings (SSSR count). The fourth-order valence-electron chi connectivity index (χ4n) is 3.76. The molecule has 0 radical (unpaired) electrons. The van der Waals surface area contributed by atoms with Gasteiger partial charge < -0.3 is 9.09 Å². The van der Waals surface area contributed by atoms with Crippen LogP contribution in [0.25, 0.3) is 0 Å². The maximum atomic E-state index is 5.43.